The second-order valence-corrected chi connectivity index (χ2v) is 4.21. The number of carbonyl (C=O) groups is 1. The van der Waals surface area contributed by atoms with Crippen LogP contribution in [-0.2, 0) is 0 Å². The van der Waals surface area contributed by atoms with Gasteiger partial charge in [-0.2, -0.15) is 0 Å². The van der Waals surface area contributed by atoms with Gasteiger partial charge in [0.15, 0.2) is 0 Å². The number of aryl methyl sites for hydroxylation is 1. The number of carbonyl (C=O) groups excluding carboxylic acids is 1. The van der Waals surface area contributed by atoms with Crippen LogP contribution < -0.4 is 5.32 Å². The molecule has 0 unspecified atom stereocenters. The number of benzene rings is 1. The van der Waals surface area contributed by atoms with Crippen molar-refractivity contribution in [3.05, 3.63) is 34.3 Å². The summed E-state index contributed by atoms with van der Waals surface area (Å²) >= 11 is 5.87. The molecular formula is C12H16ClNO2. The maximum Gasteiger partial charge on any atom is 0.251 e. The van der Waals surface area contributed by atoms with Crippen molar-refractivity contribution >= 4 is 17.5 Å². The van der Waals surface area contributed by atoms with E-state index in [1.54, 1.807) is 18.2 Å². The van der Waals surface area contributed by atoms with Gasteiger partial charge in [-0.3, -0.25) is 4.79 Å². The lowest BCUT2D eigenvalue weighted by atomic mass is 10.1. The average Bonchev–Trinajstić information content (AvgIpc) is 2.24. The van der Waals surface area contributed by atoms with Crippen LogP contribution in [0.4, 0.5) is 0 Å². The fourth-order valence-corrected chi connectivity index (χ4v) is 1.70. The highest BCUT2D eigenvalue weighted by molar-refractivity contribution is 6.31. The van der Waals surface area contributed by atoms with Crippen LogP contribution in [0, 0.1) is 6.92 Å². The van der Waals surface area contributed by atoms with Gasteiger partial charge in [0.05, 0.1) is 12.6 Å². The Balaban J connectivity index is 2.80. The minimum atomic E-state index is -0.202. The molecule has 88 valence electrons. The lowest BCUT2D eigenvalue weighted by Crippen LogP contribution is -2.36. The van der Waals surface area contributed by atoms with Gasteiger partial charge in [-0.25, -0.2) is 0 Å². The summed E-state index contributed by atoms with van der Waals surface area (Å²) in [6.07, 6.45) is 0.696. The van der Waals surface area contributed by atoms with E-state index in [4.69, 9.17) is 16.7 Å². The SMILES string of the molecule is CC[C@H](CO)NC(=O)c1cc(C)cc(Cl)c1. The Morgan fingerprint density at radius 3 is 2.69 bits per heavy atom. The lowest BCUT2D eigenvalue weighted by Gasteiger charge is -2.14. The zero-order valence-corrected chi connectivity index (χ0v) is 10.2. The van der Waals surface area contributed by atoms with Gasteiger partial charge in [0, 0.05) is 10.6 Å². The van der Waals surface area contributed by atoms with E-state index in [0.717, 1.165) is 5.56 Å². The first-order valence-electron chi connectivity index (χ1n) is 5.25. The number of hydrogen-bond acceptors (Lipinski definition) is 2. The molecule has 0 aromatic heterocycles. The molecule has 0 aliphatic heterocycles. The largest absolute Gasteiger partial charge is 0.394 e. The van der Waals surface area contributed by atoms with E-state index in [0.29, 0.717) is 17.0 Å². The highest BCUT2D eigenvalue weighted by Crippen LogP contribution is 2.14. The summed E-state index contributed by atoms with van der Waals surface area (Å²) < 4.78 is 0. The number of nitrogens with one attached hydrogen (secondary N) is 1. The first kappa shape index (κ1) is 13.0. The zero-order valence-electron chi connectivity index (χ0n) is 9.46. The van der Waals surface area contributed by atoms with E-state index in [1.807, 2.05) is 13.8 Å². The van der Waals surface area contributed by atoms with Gasteiger partial charge in [-0.05, 0) is 37.1 Å². The van der Waals surface area contributed by atoms with Crippen molar-refractivity contribution in [3.63, 3.8) is 0 Å². The van der Waals surface area contributed by atoms with Crippen LogP contribution in [0.15, 0.2) is 18.2 Å². The molecule has 3 nitrogen and oxygen atoms in total. The third kappa shape index (κ3) is 3.51. The molecule has 0 fully saturated rings. The molecule has 0 radical (unpaired) electrons. The summed E-state index contributed by atoms with van der Waals surface area (Å²) in [6.45, 7) is 3.73. The molecule has 1 atom stereocenters. The fraction of sp³-hybridized carbons (Fsp3) is 0.417. The van der Waals surface area contributed by atoms with E-state index in [9.17, 15) is 4.79 Å². The number of aliphatic hydroxyl groups excluding tert-OH is 1. The second-order valence-electron chi connectivity index (χ2n) is 3.78. The number of rotatable bonds is 4. The van der Waals surface area contributed by atoms with Crippen molar-refractivity contribution in [2.45, 2.75) is 26.3 Å². The van der Waals surface area contributed by atoms with Gasteiger partial charge in [0.2, 0.25) is 0 Å². The Kier molecular flexibility index (Phi) is 4.77. The van der Waals surface area contributed by atoms with Gasteiger partial charge in [0.25, 0.3) is 5.91 Å². The molecule has 2 N–H and O–H groups in total. The average molecular weight is 242 g/mol. The Bertz CT molecular complexity index is 355. The van der Waals surface area contributed by atoms with Crippen LogP contribution in [0.25, 0.3) is 0 Å². The number of hydrogen-bond donors (Lipinski definition) is 2. The molecule has 4 heteroatoms. The molecule has 0 heterocycles. The van der Waals surface area contributed by atoms with Crippen LogP contribution >= 0.6 is 11.6 Å². The fourth-order valence-electron chi connectivity index (χ4n) is 1.41. The lowest BCUT2D eigenvalue weighted by molar-refractivity contribution is 0.0915. The molecule has 1 rings (SSSR count). The van der Waals surface area contributed by atoms with E-state index >= 15 is 0 Å². The summed E-state index contributed by atoms with van der Waals surface area (Å²) in [5.74, 6) is -0.202. The Morgan fingerprint density at radius 2 is 2.19 bits per heavy atom. The van der Waals surface area contributed by atoms with E-state index in [-0.39, 0.29) is 18.6 Å². The smallest absolute Gasteiger partial charge is 0.251 e. The summed E-state index contributed by atoms with van der Waals surface area (Å²) in [5.41, 5.74) is 1.46. The molecule has 1 amide bonds. The first-order chi connectivity index (χ1) is 7.56. The molecule has 1 aromatic carbocycles. The standard InChI is InChI=1S/C12H16ClNO2/c1-3-11(7-15)14-12(16)9-4-8(2)5-10(13)6-9/h4-6,11,15H,3,7H2,1-2H3,(H,14,16)/t11-/m1/s1. The van der Waals surface area contributed by atoms with Crippen LogP contribution in [0.3, 0.4) is 0 Å². The van der Waals surface area contributed by atoms with Crippen LogP contribution in [0.2, 0.25) is 5.02 Å². The molecule has 0 saturated carbocycles. The van der Waals surface area contributed by atoms with Gasteiger partial charge < -0.3 is 10.4 Å². The van der Waals surface area contributed by atoms with Gasteiger partial charge in [0.1, 0.15) is 0 Å². The minimum absolute atomic E-state index is 0.0538. The van der Waals surface area contributed by atoms with Crippen LogP contribution in [0.5, 0.6) is 0 Å². The molecule has 0 bridgehead atoms. The van der Waals surface area contributed by atoms with Crippen molar-refractivity contribution in [2.24, 2.45) is 0 Å². The quantitative estimate of drug-likeness (QED) is 0.849. The zero-order chi connectivity index (χ0) is 12.1. The molecule has 16 heavy (non-hydrogen) atoms. The summed E-state index contributed by atoms with van der Waals surface area (Å²) in [5, 5.41) is 12.3. The predicted octanol–water partition coefficient (Wildman–Crippen LogP) is 2.15. The second kappa shape index (κ2) is 5.87. The van der Waals surface area contributed by atoms with Gasteiger partial charge in [-0.1, -0.05) is 18.5 Å². The van der Waals surface area contributed by atoms with Crippen molar-refractivity contribution in [3.8, 4) is 0 Å². The Morgan fingerprint density at radius 1 is 1.50 bits per heavy atom. The number of aliphatic hydroxyl groups is 1. The Hall–Kier alpha value is -1.06. The van der Waals surface area contributed by atoms with E-state index in [2.05, 4.69) is 5.32 Å². The molecule has 0 aliphatic carbocycles. The summed E-state index contributed by atoms with van der Waals surface area (Å²) in [4.78, 5) is 11.8. The first-order valence-corrected chi connectivity index (χ1v) is 5.63. The monoisotopic (exact) mass is 241 g/mol. The maximum absolute atomic E-state index is 11.8. The third-order valence-electron chi connectivity index (χ3n) is 2.35. The molecule has 1 aromatic rings. The topological polar surface area (TPSA) is 49.3 Å². The van der Waals surface area contributed by atoms with E-state index in [1.165, 1.54) is 0 Å². The van der Waals surface area contributed by atoms with Crippen molar-refractivity contribution in [1.29, 1.82) is 0 Å². The van der Waals surface area contributed by atoms with Crippen LogP contribution in [0.1, 0.15) is 29.3 Å². The molecule has 0 spiro atoms. The summed E-state index contributed by atoms with van der Waals surface area (Å²) in [6, 6.07) is 4.98. The summed E-state index contributed by atoms with van der Waals surface area (Å²) in [7, 11) is 0. The Labute approximate surface area is 100 Å². The van der Waals surface area contributed by atoms with Crippen molar-refractivity contribution in [1.82, 2.24) is 5.32 Å². The number of halogens is 1. The van der Waals surface area contributed by atoms with E-state index < -0.39 is 0 Å². The van der Waals surface area contributed by atoms with Gasteiger partial charge in [-0.15, -0.1) is 0 Å². The predicted molar refractivity (Wildman–Crippen MR) is 64.8 cm³/mol. The third-order valence-corrected chi connectivity index (χ3v) is 2.57. The highest BCUT2D eigenvalue weighted by Gasteiger charge is 2.11. The molecule has 0 saturated heterocycles. The number of amides is 1. The van der Waals surface area contributed by atoms with Crippen LogP contribution in [-0.4, -0.2) is 23.7 Å². The maximum atomic E-state index is 11.8. The highest BCUT2D eigenvalue weighted by atomic mass is 35.5. The van der Waals surface area contributed by atoms with Crippen molar-refractivity contribution in [2.75, 3.05) is 6.61 Å². The molecular weight excluding hydrogens is 226 g/mol. The normalized spacial score (nSPS) is 12.2. The molecule has 0 aliphatic rings. The van der Waals surface area contributed by atoms with Crippen molar-refractivity contribution < 1.29 is 9.90 Å². The van der Waals surface area contributed by atoms with Gasteiger partial charge >= 0.3 is 0 Å². The minimum Gasteiger partial charge on any atom is -0.394 e.